The van der Waals surface area contributed by atoms with Gasteiger partial charge >= 0.3 is 0 Å². The van der Waals surface area contributed by atoms with Gasteiger partial charge in [-0.25, -0.2) is 8.42 Å². The lowest BCUT2D eigenvalue weighted by Crippen LogP contribution is -2.42. The molecule has 0 aliphatic heterocycles. The monoisotopic (exact) mass is 315 g/mol. The molecule has 1 aromatic rings. The summed E-state index contributed by atoms with van der Waals surface area (Å²) in [7, 11) is -0.552. The van der Waals surface area contributed by atoms with Crippen LogP contribution in [0.3, 0.4) is 0 Å². The second kappa shape index (κ2) is 6.34. The van der Waals surface area contributed by atoms with Crippen LogP contribution in [0, 0.1) is 5.41 Å². The van der Waals surface area contributed by atoms with E-state index in [4.69, 9.17) is 4.74 Å². The Morgan fingerprint density at radius 3 is 2.33 bits per heavy atom. The van der Waals surface area contributed by atoms with E-state index < -0.39 is 10.0 Å². The molecule has 0 fully saturated rings. The van der Waals surface area contributed by atoms with Gasteiger partial charge in [-0.1, -0.05) is 20.8 Å². The van der Waals surface area contributed by atoms with Crippen LogP contribution >= 0.6 is 0 Å². The summed E-state index contributed by atoms with van der Waals surface area (Å²) >= 11 is 0. The molecule has 21 heavy (non-hydrogen) atoms. The van der Waals surface area contributed by atoms with Crippen molar-refractivity contribution in [3.8, 4) is 5.75 Å². The van der Waals surface area contributed by atoms with Crippen LogP contribution in [-0.4, -0.2) is 38.0 Å². The normalized spacial score (nSPS) is 14.3. The fraction of sp³-hybridized carbons (Fsp3) is 0.600. The molecule has 1 N–H and O–H groups in total. The number of nitrogens with zero attached hydrogens (tertiary/aromatic N) is 1. The molecule has 0 aliphatic rings. The van der Waals surface area contributed by atoms with Crippen LogP contribution in [0.15, 0.2) is 23.1 Å². The molecular formula is C15H25NO4S. The standard InChI is InChI=1S/C15H25NO4S/c1-11(15(2,3)4)16(5)21(18,19)13-7-8-14(20-6)12(9-13)10-17/h7-9,11,17H,10H2,1-6H3. The van der Waals surface area contributed by atoms with Crippen molar-refractivity contribution < 1.29 is 18.3 Å². The average Bonchev–Trinajstić information content (AvgIpc) is 2.43. The second-order valence-corrected chi connectivity index (χ2v) is 8.19. The molecule has 0 heterocycles. The van der Waals surface area contributed by atoms with E-state index in [1.807, 2.05) is 27.7 Å². The highest BCUT2D eigenvalue weighted by molar-refractivity contribution is 7.89. The first-order valence-electron chi connectivity index (χ1n) is 6.81. The Hall–Kier alpha value is -1.11. The SMILES string of the molecule is COc1ccc(S(=O)(=O)N(C)C(C)C(C)(C)C)cc1CO. The number of aliphatic hydroxyl groups is 1. The van der Waals surface area contributed by atoms with E-state index in [2.05, 4.69) is 0 Å². The van der Waals surface area contributed by atoms with Gasteiger partial charge in [0.05, 0.1) is 18.6 Å². The molecule has 0 aromatic heterocycles. The van der Waals surface area contributed by atoms with Crippen molar-refractivity contribution >= 4 is 10.0 Å². The first kappa shape index (κ1) is 17.9. The molecular weight excluding hydrogens is 290 g/mol. The molecule has 6 heteroatoms. The summed E-state index contributed by atoms with van der Waals surface area (Å²) in [6.45, 7) is 7.60. The zero-order valence-electron chi connectivity index (χ0n) is 13.5. The summed E-state index contributed by atoms with van der Waals surface area (Å²) in [4.78, 5) is 0.158. The number of hydrogen-bond donors (Lipinski definition) is 1. The lowest BCUT2D eigenvalue weighted by atomic mass is 9.88. The molecule has 0 spiro atoms. The highest BCUT2D eigenvalue weighted by Gasteiger charge is 2.32. The largest absolute Gasteiger partial charge is 0.496 e. The number of methoxy groups -OCH3 is 1. The average molecular weight is 315 g/mol. The van der Waals surface area contributed by atoms with Gasteiger partial charge in [-0.2, -0.15) is 4.31 Å². The molecule has 0 saturated heterocycles. The third-order valence-electron chi connectivity index (χ3n) is 3.90. The Bertz CT molecular complexity index is 590. The first-order chi connectivity index (χ1) is 9.55. The Morgan fingerprint density at radius 1 is 1.33 bits per heavy atom. The van der Waals surface area contributed by atoms with Crippen LogP contribution in [0.5, 0.6) is 5.75 Å². The third-order valence-corrected chi connectivity index (χ3v) is 5.82. The lowest BCUT2D eigenvalue weighted by Gasteiger charge is -2.34. The van der Waals surface area contributed by atoms with E-state index in [-0.39, 0.29) is 23.0 Å². The maximum absolute atomic E-state index is 12.7. The molecule has 120 valence electrons. The van der Waals surface area contributed by atoms with E-state index in [1.165, 1.54) is 23.5 Å². The van der Waals surface area contributed by atoms with Gasteiger partial charge in [-0.3, -0.25) is 0 Å². The Balaban J connectivity index is 3.25. The van der Waals surface area contributed by atoms with Crippen molar-refractivity contribution in [2.75, 3.05) is 14.2 Å². The number of ether oxygens (including phenoxy) is 1. The quantitative estimate of drug-likeness (QED) is 0.905. The van der Waals surface area contributed by atoms with Crippen LogP contribution in [0.1, 0.15) is 33.3 Å². The van der Waals surface area contributed by atoms with Crippen molar-refractivity contribution in [3.05, 3.63) is 23.8 Å². The molecule has 5 nitrogen and oxygen atoms in total. The fourth-order valence-corrected chi connectivity index (χ4v) is 3.56. The topological polar surface area (TPSA) is 66.8 Å². The Morgan fingerprint density at radius 2 is 1.90 bits per heavy atom. The maximum atomic E-state index is 12.7. The molecule has 0 amide bonds. The summed E-state index contributed by atoms with van der Waals surface area (Å²) in [5.74, 6) is 0.475. The number of benzene rings is 1. The molecule has 0 aliphatic carbocycles. The molecule has 0 bridgehead atoms. The van der Waals surface area contributed by atoms with Gasteiger partial charge in [0.1, 0.15) is 5.75 Å². The highest BCUT2D eigenvalue weighted by Crippen LogP contribution is 2.29. The van der Waals surface area contributed by atoms with Gasteiger partial charge in [0.25, 0.3) is 0 Å². The smallest absolute Gasteiger partial charge is 0.243 e. The zero-order valence-corrected chi connectivity index (χ0v) is 14.4. The molecule has 0 radical (unpaired) electrons. The highest BCUT2D eigenvalue weighted by atomic mass is 32.2. The van der Waals surface area contributed by atoms with Gasteiger partial charge in [0.2, 0.25) is 10.0 Å². The van der Waals surface area contributed by atoms with E-state index in [1.54, 1.807) is 13.1 Å². The summed E-state index contributed by atoms with van der Waals surface area (Å²) in [6.07, 6.45) is 0. The summed E-state index contributed by atoms with van der Waals surface area (Å²) in [5, 5.41) is 9.33. The van der Waals surface area contributed by atoms with Crippen molar-refractivity contribution in [2.24, 2.45) is 5.41 Å². The van der Waals surface area contributed by atoms with Gasteiger partial charge in [-0.05, 0) is 30.5 Å². The number of hydrogen-bond acceptors (Lipinski definition) is 4. The number of aliphatic hydroxyl groups excluding tert-OH is 1. The first-order valence-corrected chi connectivity index (χ1v) is 8.25. The molecule has 0 saturated carbocycles. The van der Waals surface area contributed by atoms with Crippen LogP contribution < -0.4 is 4.74 Å². The van der Waals surface area contributed by atoms with E-state index in [9.17, 15) is 13.5 Å². The van der Waals surface area contributed by atoms with Gasteiger partial charge in [-0.15, -0.1) is 0 Å². The van der Waals surface area contributed by atoms with Crippen LogP contribution in [0.4, 0.5) is 0 Å². The molecule has 1 unspecified atom stereocenters. The number of sulfonamides is 1. The van der Waals surface area contributed by atoms with E-state index in [0.717, 1.165) is 0 Å². The Labute approximate surface area is 127 Å². The third kappa shape index (κ3) is 3.75. The van der Waals surface area contributed by atoms with E-state index >= 15 is 0 Å². The number of rotatable bonds is 5. The van der Waals surface area contributed by atoms with Crippen molar-refractivity contribution in [1.29, 1.82) is 0 Å². The maximum Gasteiger partial charge on any atom is 0.243 e. The minimum absolute atomic E-state index is 0.158. The van der Waals surface area contributed by atoms with Crippen molar-refractivity contribution in [2.45, 2.75) is 45.2 Å². The predicted octanol–water partition coefficient (Wildman–Crippen LogP) is 2.24. The molecule has 1 aromatic carbocycles. The molecule has 1 atom stereocenters. The Kier molecular flexibility index (Phi) is 5.41. The van der Waals surface area contributed by atoms with Crippen molar-refractivity contribution in [1.82, 2.24) is 4.31 Å². The second-order valence-electron chi connectivity index (χ2n) is 6.20. The van der Waals surface area contributed by atoms with Gasteiger partial charge < -0.3 is 9.84 Å². The lowest BCUT2D eigenvalue weighted by molar-refractivity contribution is 0.216. The van der Waals surface area contributed by atoms with Crippen LogP contribution in [-0.2, 0) is 16.6 Å². The van der Waals surface area contributed by atoms with Crippen molar-refractivity contribution in [3.63, 3.8) is 0 Å². The van der Waals surface area contributed by atoms with E-state index in [0.29, 0.717) is 11.3 Å². The minimum Gasteiger partial charge on any atom is -0.496 e. The summed E-state index contributed by atoms with van der Waals surface area (Å²) in [6, 6.07) is 4.36. The van der Waals surface area contributed by atoms with Crippen LogP contribution in [0.25, 0.3) is 0 Å². The molecule has 1 rings (SSSR count). The predicted molar refractivity (Wildman–Crippen MR) is 82.8 cm³/mol. The fourth-order valence-electron chi connectivity index (χ4n) is 1.96. The minimum atomic E-state index is -3.61. The summed E-state index contributed by atoms with van der Waals surface area (Å²) in [5.41, 5.74) is 0.282. The van der Waals surface area contributed by atoms with Gasteiger partial charge in [0, 0.05) is 18.7 Å². The van der Waals surface area contributed by atoms with Gasteiger partial charge in [0.15, 0.2) is 0 Å². The van der Waals surface area contributed by atoms with Crippen LogP contribution in [0.2, 0.25) is 0 Å². The summed E-state index contributed by atoms with van der Waals surface area (Å²) < 4.78 is 31.9. The zero-order chi connectivity index (χ0) is 16.4.